The van der Waals surface area contributed by atoms with Crippen LogP contribution in [-0.4, -0.2) is 41.5 Å². The lowest BCUT2D eigenvalue weighted by Gasteiger charge is -2.16. The van der Waals surface area contributed by atoms with Gasteiger partial charge < -0.3 is 15.7 Å². The lowest BCUT2D eigenvalue weighted by molar-refractivity contribution is -0.142. The number of hydrogen-bond donors (Lipinski definition) is 4. The molecule has 1 aromatic rings. The van der Waals surface area contributed by atoms with Crippen LogP contribution in [0.5, 0.6) is 0 Å². The number of nitrogens with one attached hydrogen (secondary N) is 3. The molecule has 0 aliphatic carbocycles. The third kappa shape index (κ3) is 6.91. The van der Waals surface area contributed by atoms with Crippen molar-refractivity contribution in [2.45, 2.75) is 26.3 Å². The van der Waals surface area contributed by atoms with Gasteiger partial charge in [0.25, 0.3) is 5.91 Å². The highest BCUT2D eigenvalue weighted by atomic mass is 16.4. The molecule has 0 heterocycles. The molecule has 0 unspecified atom stereocenters. The van der Waals surface area contributed by atoms with Crippen molar-refractivity contribution in [3.8, 4) is 0 Å². The summed E-state index contributed by atoms with van der Waals surface area (Å²) in [7, 11) is 0. The van der Waals surface area contributed by atoms with Crippen molar-refractivity contribution < 1.29 is 24.3 Å². The van der Waals surface area contributed by atoms with Gasteiger partial charge >= 0.3 is 12.0 Å². The van der Waals surface area contributed by atoms with Crippen LogP contribution >= 0.6 is 0 Å². The van der Waals surface area contributed by atoms with Crippen molar-refractivity contribution in [2.24, 2.45) is 5.92 Å². The summed E-state index contributed by atoms with van der Waals surface area (Å²) in [4.78, 5) is 46.1. The standard InChI is InChI=1S/C16H21N3O5/c1-10(2)8-12(15(22)23)18-13(20)9-17-16(24)19-14(21)11-6-4-3-5-7-11/h3-7,10,12H,8-9H2,1-2H3,(H,18,20)(H,22,23)(H2,17,19,21,24)/t12-/m1/s1. The highest BCUT2D eigenvalue weighted by Gasteiger charge is 2.21. The van der Waals surface area contributed by atoms with Crippen molar-refractivity contribution in [1.82, 2.24) is 16.0 Å². The Morgan fingerprint density at radius 3 is 2.25 bits per heavy atom. The summed E-state index contributed by atoms with van der Waals surface area (Å²) in [6, 6.07) is 6.26. The van der Waals surface area contributed by atoms with Gasteiger partial charge in [0.15, 0.2) is 0 Å². The summed E-state index contributed by atoms with van der Waals surface area (Å²) in [6.45, 7) is 3.24. The highest BCUT2D eigenvalue weighted by Crippen LogP contribution is 2.04. The molecule has 1 aromatic carbocycles. The van der Waals surface area contributed by atoms with Gasteiger partial charge in [-0.25, -0.2) is 9.59 Å². The number of aliphatic carboxylic acids is 1. The van der Waals surface area contributed by atoms with E-state index in [2.05, 4.69) is 16.0 Å². The second kappa shape index (κ2) is 9.29. The van der Waals surface area contributed by atoms with Gasteiger partial charge in [0.2, 0.25) is 5.91 Å². The van der Waals surface area contributed by atoms with Gasteiger partial charge in [0, 0.05) is 5.56 Å². The lowest BCUT2D eigenvalue weighted by Crippen LogP contribution is -2.48. The van der Waals surface area contributed by atoms with Gasteiger partial charge in [0.1, 0.15) is 6.04 Å². The Kier molecular flexibility index (Phi) is 7.41. The zero-order valence-electron chi connectivity index (χ0n) is 13.5. The van der Waals surface area contributed by atoms with Gasteiger partial charge in [-0.3, -0.25) is 14.9 Å². The second-order valence-electron chi connectivity index (χ2n) is 5.59. The molecule has 130 valence electrons. The van der Waals surface area contributed by atoms with Crippen LogP contribution in [0.15, 0.2) is 30.3 Å². The summed E-state index contributed by atoms with van der Waals surface area (Å²) >= 11 is 0. The number of carboxylic acids is 1. The van der Waals surface area contributed by atoms with E-state index in [0.29, 0.717) is 5.56 Å². The summed E-state index contributed by atoms with van der Waals surface area (Å²) in [5.41, 5.74) is 0.306. The Hall–Kier alpha value is -2.90. The molecule has 4 N–H and O–H groups in total. The van der Waals surface area contributed by atoms with Crippen LogP contribution < -0.4 is 16.0 Å². The van der Waals surface area contributed by atoms with Crippen molar-refractivity contribution in [3.05, 3.63) is 35.9 Å². The maximum Gasteiger partial charge on any atom is 0.326 e. The molecule has 8 heteroatoms. The minimum Gasteiger partial charge on any atom is -0.480 e. The Labute approximate surface area is 139 Å². The molecule has 0 fully saturated rings. The quantitative estimate of drug-likeness (QED) is 0.585. The van der Waals surface area contributed by atoms with Crippen LogP contribution in [0.3, 0.4) is 0 Å². The molecule has 24 heavy (non-hydrogen) atoms. The molecule has 0 bridgehead atoms. The van der Waals surface area contributed by atoms with E-state index in [-0.39, 0.29) is 12.3 Å². The van der Waals surface area contributed by atoms with E-state index in [1.807, 2.05) is 13.8 Å². The number of carbonyl (C=O) groups is 4. The third-order valence-corrected chi connectivity index (χ3v) is 3.01. The zero-order chi connectivity index (χ0) is 18.1. The molecule has 0 radical (unpaired) electrons. The van der Waals surface area contributed by atoms with Gasteiger partial charge in [-0.1, -0.05) is 32.0 Å². The Bertz CT molecular complexity index is 601. The maximum absolute atomic E-state index is 11.7. The average molecular weight is 335 g/mol. The number of rotatable bonds is 7. The van der Waals surface area contributed by atoms with Crippen molar-refractivity contribution in [1.29, 1.82) is 0 Å². The first kappa shape index (κ1) is 19.1. The number of hydrogen-bond acceptors (Lipinski definition) is 4. The fourth-order valence-electron chi connectivity index (χ4n) is 1.91. The molecule has 0 aliphatic heterocycles. The van der Waals surface area contributed by atoms with E-state index in [1.165, 1.54) is 0 Å². The highest BCUT2D eigenvalue weighted by molar-refractivity contribution is 6.04. The van der Waals surface area contributed by atoms with Crippen LogP contribution in [0, 0.1) is 5.92 Å². The largest absolute Gasteiger partial charge is 0.480 e. The smallest absolute Gasteiger partial charge is 0.326 e. The van der Waals surface area contributed by atoms with E-state index >= 15 is 0 Å². The van der Waals surface area contributed by atoms with Crippen molar-refractivity contribution in [3.63, 3.8) is 0 Å². The lowest BCUT2D eigenvalue weighted by atomic mass is 10.0. The van der Waals surface area contributed by atoms with Crippen LogP contribution in [0.2, 0.25) is 0 Å². The minimum atomic E-state index is -1.14. The Balaban J connectivity index is 2.41. The van der Waals surface area contributed by atoms with Crippen LogP contribution in [0.25, 0.3) is 0 Å². The summed E-state index contributed by atoms with van der Waals surface area (Å²) in [5.74, 6) is -2.30. The molecule has 4 amide bonds. The third-order valence-electron chi connectivity index (χ3n) is 3.01. The van der Waals surface area contributed by atoms with Crippen molar-refractivity contribution >= 4 is 23.8 Å². The number of imide groups is 1. The van der Waals surface area contributed by atoms with Crippen LogP contribution in [0.4, 0.5) is 4.79 Å². The molecule has 0 aliphatic rings. The fourth-order valence-corrected chi connectivity index (χ4v) is 1.91. The van der Waals surface area contributed by atoms with Gasteiger partial charge in [-0.2, -0.15) is 0 Å². The van der Waals surface area contributed by atoms with E-state index in [9.17, 15) is 19.2 Å². The van der Waals surface area contributed by atoms with E-state index in [1.54, 1.807) is 30.3 Å². The molecule has 0 saturated heterocycles. The van der Waals surface area contributed by atoms with Gasteiger partial charge in [-0.05, 0) is 24.5 Å². The van der Waals surface area contributed by atoms with Gasteiger partial charge in [-0.15, -0.1) is 0 Å². The molecule has 1 atom stereocenters. The predicted octanol–water partition coefficient (Wildman–Crippen LogP) is 0.741. The molecule has 8 nitrogen and oxygen atoms in total. The van der Waals surface area contributed by atoms with Crippen molar-refractivity contribution in [2.75, 3.05) is 6.54 Å². The zero-order valence-corrected chi connectivity index (χ0v) is 13.5. The molecular weight excluding hydrogens is 314 g/mol. The SMILES string of the molecule is CC(C)C[C@@H](NC(=O)CNC(=O)NC(=O)c1ccccc1)C(=O)O. The topological polar surface area (TPSA) is 125 Å². The summed E-state index contributed by atoms with van der Waals surface area (Å²) < 4.78 is 0. The van der Waals surface area contributed by atoms with Crippen LogP contribution in [0.1, 0.15) is 30.6 Å². The number of amides is 4. The summed E-state index contributed by atoms with van der Waals surface area (Å²) in [5, 5.41) is 15.6. The monoisotopic (exact) mass is 335 g/mol. The number of carboxylic acid groups (broad SMARTS) is 1. The first-order valence-electron chi connectivity index (χ1n) is 7.46. The minimum absolute atomic E-state index is 0.0890. The molecule has 0 saturated carbocycles. The summed E-state index contributed by atoms with van der Waals surface area (Å²) in [6.07, 6.45) is 0.278. The molecular formula is C16H21N3O5. The Morgan fingerprint density at radius 2 is 1.71 bits per heavy atom. The van der Waals surface area contributed by atoms with Gasteiger partial charge in [0.05, 0.1) is 6.54 Å². The molecule has 0 spiro atoms. The average Bonchev–Trinajstić information content (AvgIpc) is 2.52. The normalized spacial score (nSPS) is 11.5. The van der Waals surface area contributed by atoms with E-state index in [0.717, 1.165) is 0 Å². The predicted molar refractivity (Wildman–Crippen MR) is 86.3 cm³/mol. The van der Waals surface area contributed by atoms with E-state index < -0.39 is 36.4 Å². The fraction of sp³-hybridized carbons (Fsp3) is 0.375. The first-order valence-corrected chi connectivity index (χ1v) is 7.46. The number of benzene rings is 1. The van der Waals surface area contributed by atoms with E-state index in [4.69, 9.17) is 5.11 Å². The Morgan fingerprint density at radius 1 is 1.08 bits per heavy atom. The number of carbonyl (C=O) groups excluding carboxylic acids is 3. The first-order chi connectivity index (χ1) is 11.3. The maximum atomic E-state index is 11.7. The number of urea groups is 1. The molecule has 0 aromatic heterocycles. The molecule has 1 rings (SSSR count). The second-order valence-corrected chi connectivity index (χ2v) is 5.59. The van der Waals surface area contributed by atoms with Crippen LogP contribution in [-0.2, 0) is 9.59 Å².